The third kappa shape index (κ3) is 2.48. The van der Waals surface area contributed by atoms with Gasteiger partial charge in [0.2, 0.25) is 5.95 Å². The number of nitrogens with zero attached hydrogens (tertiary/aromatic N) is 2. The van der Waals surface area contributed by atoms with Gasteiger partial charge in [-0.05, 0) is 12.1 Å². The van der Waals surface area contributed by atoms with Crippen molar-refractivity contribution in [2.75, 3.05) is 11.1 Å². The summed E-state index contributed by atoms with van der Waals surface area (Å²) in [6.45, 7) is 0. The minimum Gasteiger partial charge on any atom is -0.379 e. The van der Waals surface area contributed by atoms with Crippen molar-refractivity contribution in [3.63, 3.8) is 0 Å². The molecule has 0 fully saturated rings. The summed E-state index contributed by atoms with van der Waals surface area (Å²) < 4.78 is 0. The number of benzene rings is 1. The number of rotatable bonds is 2. The molecule has 0 unspecified atom stereocenters. The van der Waals surface area contributed by atoms with Crippen LogP contribution in [-0.2, 0) is 0 Å². The number of hydrogen-bond donors (Lipinski definition) is 3. The summed E-state index contributed by atoms with van der Waals surface area (Å²) in [5.74, 6) is -0.0492. The quantitative estimate of drug-likeness (QED) is 0.774. The van der Waals surface area contributed by atoms with E-state index < -0.39 is 5.56 Å². The first-order chi connectivity index (χ1) is 8.08. The predicted molar refractivity (Wildman–Crippen MR) is 66.8 cm³/mol. The van der Waals surface area contributed by atoms with Crippen molar-refractivity contribution in [2.45, 2.75) is 0 Å². The fourth-order valence-corrected chi connectivity index (χ4v) is 1.48. The zero-order chi connectivity index (χ0) is 12.4. The summed E-state index contributed by atoms with van der Waals surface area (Å²) >= 11 is 11.8. The first-order valence-electron chi connectivity index (χ1n) is 4.51. The summed E-state index contributed by atoms with van der Waals surface area (Å²) in [7, 11) is 0. The number of anilines is 3. The van der Waals surface area contributed by atoms with Crippen molar-refractivity contribution in [2.24, 2.45) is 0 Å². The Kier molecular flexibility index (Phi) is 3.16. The molecule has 0 aliphatic heterocycles. The summed E-state index contributed by atoms with van der Waals surface area (Å²) in [4.78, 5) is 14.7. The van der Waals surface area contributed by atoms with E-state index in [-0.39, 0.29) is 11.8 Å². The van der Waals surface area contributed by atoms with E-state index in [1.165, 1.54) is 0 Å². The Morgan fingerprint density at radius 3 is 2.82 bits per heavy atom. The highest BCUT2D eigenvalue weighted by Gasteiger charge is 2.07. The maximum Gasteiger partial charge on any atom is 0.306 e. The van der Waals surface area contributed by atoms with Crippen molar-refractivity contribution < 1.29 is 0 Å². The Morgan fingerprint density at radius 1 is 1.35 bits per heavy atom. The monoisotopic (exact) mass is 271 g/mol. The minimum atomic E-state index is -0.548. The number of aromatic amines is 1. The minimum absolute atomic E-state index is 0.131. The highest BCUT2D eigenvalue weighted by atomic mass is 35.5. The molecular weight excluding hydrogens is 265 g/mol. The van der Waals surface area contributed by atoms with Gasteiger partial charge in [0.15, 0.2) is 5.82 Å². The molecule has 0 saturated carbocycles. The number of H-pyrrole nitrogens is 1. The van der Waals surface area contributed by atoms with E-state index in [9.17, 15) is 4.79 Å². The lowest BCUT2D eigenvalue weighted by Crippen LogP contribution is -2.17. The zero-order valence-electron chi connectivity index (χ0n) is 8.37. The normalized spacial score (nSPS) is 10.2. The molecule has 0 radical (unpaired) electrons. The average Bonchev–Trinajstić information content (AvgIpc) is 2.30. The molecule has 0 amide bonds. The molecule has 2 aromatic rings. The fraction of sp³-hybridized carbons (Fsp3) is 0. The molecule has 1 aromatic heterocycles. The second-order valence-electron chi connectivity index (χ2n) is 3.10. The van der Waals surface area contributed by atoms with Crippen LogP contribution in [0.1, 0.15) is 0 Å². The van der Waals surface area contributed by atoms with Crippen LogP contribution in [0, 0.1) is 0 Å². The highest BCUT2D eigenvalue weighted by molar-refractivity contribution is 6.43. The summed E-state index contributed by atoms with van der Waals surface area (Å²) in [5, 5.41) is 9.38. The number of nitrogens with one attached hydrogen (secondary N) is 2. The van der Waals surface area contributed by atoms with E-state index in [0.717, 1.165) is 0 Å². The van der Waals surface area contributed by atoms with Crippen LogP contribution in [0.4, 0.5) is 17.5 Å². The van der Waals surface area contributed by atoms with Crippen molar-refractivity contribution in [1.29, 1.82) is 0 Å². The van der Waals surface area contributed by atoms with Gasteiger partial charge in [-0.2, -0.15) is 4.98 Å². The highest BCUT2D eigenvalue weighted by Crippen LogP contribution is 2.30. The molecule has 0 saturated heterocycles. The van der Waals surface area contributed by atoms with Crippen LogP contribution in [0.2, 0.25) is 10.0 Å². The van der Waals surface area contributed by atoms with Crippen LogP contribution in [0.25, 0.3) is 0 Å². The van der Waals surface area contributed by atoms with E-state index >= 15 is 0 Å². The molecule has 4 N–H and O–H groups in total. The molecule has 6 nitrogen and oxygen atoms in total. The Labute approximate surface area is 106 Å². The van der Waals surface area contributed by atoms with Crippen molar-refractivity contribution >= 4 is 40.7 Å². The van der Waals surface area contributed by atoms with E-state index in [1.54, 1.807) is 18.2 Å². The molecule has 8 heteroatoms. The van der Waals surface area contributed by atoms with Crippen LogP contribution in [0.3, 0.4) is 0 Å². The molecule has 0 bridgehead atoms. The number of nitrogen functional groups attached to an aromatic ring is 1. The van der Waals surface area contributed by atoms with Gasteiger partial charge < -0.3 is 11.1 Å². The molecular formula is C9H7Cl2N5O. The van der Waals surface area contributed by atoms with Crippen molar-refractivity contribution in [3.05, 3.63) is 38.6 Å². The Bertz CT molecular complexity index is 613. The molecule has 17 heavy (non-hydrogen) atoms. The maximum atomic E-state index is 11.0. The van der Waals surface area contributed by atoms with Crippen LogP contribution < -0.4 is 16.6 Å². The SMILES string of the molecule is Nc1nc(Nc2cccc(Cl)c2Cl)n[nH]c1=O. The van der Waals surface area contributed by atoms with E-state index in [4.69, 9.17) is 28.9 Å². The van der Waals surface area contributed by atoms with Gasteiger partial charge in [0.25, 0.3) is 0 Å². The van der Waals surface area contributed by atoms with E-state index in [2.05, 4.69) is 20.5 Å². The van der Waals surface area contributed by atoms with Crippen LogP contribution >= 0.6 is 23.2 Å². The van der Waals surface area contributed by atoms with Gasteiger partial charge in [0.1, 0.15) is 0 Å². The summed E-state index contributed by atoms with van der Waals surface area (Å²) in [6.07, 6.45) is 0. The van der Waals surface area contributed by atoms with Gasteiger partial charge in [-0.3, -0.25) is 4.79 Å². The van der Waals surface area contributed by atoms with Gasteiger partial charge in [-0.1, -0.05) is 29.3 Å². The fourth-order valence-electron chi connectivity index (χ4n) is 1.13. The van der Waals surface area contributed by atoms with Crippen LogP contribution in [0.15, 0.2) is 23.0 Å². The Balaban J connectivity index is 2.35. The van der Waals surface area contributed by atoms with Crippen molar-refractivity contribution in [1.82, 2.24) is 15.2 Å². The molecule has 1 heterocycles. The second-order valence-corrected chi connectivity index (χ2v) is 3.88. The average molecular weight is 272 g/mol. The number of halogens is 2. The number of hydrogen-bond acceptors (Lipinski definition) is 5. The standard InChI is InChI=1S/C9H7Cl2N5O/c10-4-2-1-3-5(6(4)11)13-9-14-7(12)8(17)15-16-9/h1-3H,(H,15,17)(H3,12,13,14,16). The molecule has 0 aliphatic rings. The molecule has 1 aromatic carbocycles. The van der Waals surface area contributed by atoms with Gasteiger partial charge in [0, 0.05) is 0 Å². The maximum absolute atomic E-state index is 11.0. The predicted octanol–water partition coefficient (Wildman–Crippen LogP) is 1.80. The first kappa shape index (κ1) is 11.7. The second kappa shape index (κ2) is 4.60. The van der Waals surface area contributed by atoms with E-state index in [0.29, 0.717) is 15.7 Å². The van der Waals surface area contributed by atoms with Crippen LogP contribution in [0.5, 0.6) is 0 Å². The lowest BCUT2D eigenvalue weighted by Gasteiger charge is -2.07. The topological polar surface area (TPSA) is 96.7 Å². The molecule has 2 rings (SSSR count). The number of aromatic nitrogens is 3. The Morgan fingerprint density at radius 2 is 2.12 bits per heavy atom. The molecule has 88 valence electrons. The molecule has 0 spiro atoms. The lowest BCUT2D eigenvalue weighted by molar-refractivity contribution is 0.948. The van der Waals surface area contributed by atoms with Crippen LogP contribution in [-0.4, -0.2) is 15.2 Å². The molecule has 0 atom stereocenters. The van der Waals surface area contributed by atoms with Gasteiger partial charge >= 0.3 is 5.56 Å². The Hall–Kier alpha value is -1.79. The van der Waals surface area contributed by atoms with Crippen molar-refractivity contribution in [3.8, 4) is 0 Å². The largest absolute Gasteiger partial charge is 0.379 e. The van der Waals surface area contributed by atoms with E-state index in [1.807, 2.05) is 0 Å². The number of nitrogens with two attached hydrogens (primary N) is 1. The van der Waals surface area contributed by atoms with Gasteiger partial charge in [-0.25, -0.2) is 5.10 Å². The third-order valence-electron chi connectivity index (χ3n) is 1.92. The lowest BCUT2D eigenvalue weighted by atomic mass is 10.3. The molecule has 0 aliphatic carbocycles. The first-order valence-corrected chi connectivity index (χ1v) is 5.27. The zero-order valence-corrected chi connectivity index (χ0v) is 9.88. The van der Waals surface area contributed by atoms with Gasteiger partial charge in [0.05, 0.1) is 15.7 Å². The smallest absolute Gasteiger partial charge is 0.306 e. The summed E-state index contributed by atoms with van der Waals surface area (Å²) in [5.41, 5.74) is 5.32. The summed E-state index contributed by atoms with van der Waals surface area (Å²) in [6, 6.07) is 5.06. The third-order valence-corrected chi connectivity index (χ3v) is 2.74. The van der Waals surface area contributed by atoms with Gasteiger partial charge in [-0.15, -0.1) is 5.10 Å².